The number of rotatable bonds is 6. The Morgan fingerprint density at radius 1 is 1.09 bits per heavy atom. The topological polar surface area (TPSA) is 52.6 Å². The molecule has 0 radical (unpaired) electrons. The largest absolute Gasteiger partial charge is 0.421 e. The maximum Gasteiger partial charge on any atom is 0.305 e. The smallest absolute Gasteiger partial charge is 0.305 e. The van der Waals surface area contributed by atoms with Crippen LogP contribution < -0.4 is 0 Å². The first-order valence-electron chi connectivity index (χ1n) is 7.49. The summed E-state index contributed by atoms with van der Waals surface area (Å²) >= 11 is 0. The molecule has 4 heteroatoms. The molecule has 0 fully saturated rings. The summed E-state index contributed by atoms with van der Waals surface area (Å²) in [5, 5.41) is 0. The van der Waals surface area contributed by atoms with Gasteiger partial charge in [0.25, 0.3) is 6.29 Å². The molecule has 4 nitrogen and oxygen atoms in total. The van der Waals surface area contributed by atoms with Gasteiger partial charge in [-0.1, -0.05) is 45.0 Å². The Bertz CT molecular complexity index is 542. The van der Waals surface area contributed by atoms with Crippen LogP contribution in [0.2, 0.25) is 0 Å². The van der Waals surface area contributed by atoms with Crippen molar-refractivity contribution >= 4 is 18.0 Å². The van der Waals surface area contributed by atoms with E-state index in [0.717, 1.165) is 11.1 Å². The van der Waals surface area contributed by atoms with Crippen molar-refractivity contribution in [1.29, 1.82) is 0 Å². The molecule has 120 valence electrons. The van der Waals surface area contributed by atoms with E-state index in [4.69, 9.17) is 9.47 Å². The van der Waals surface area contributed by atoms with Crippen molar-refractivity contribution < 1.29 is 19.1 Å². The molecule has 0 aliphatic rings. The number of hydrogen-bond acceptors (Lipinski definition) is 4. The van der Waals surface area contributed by atoms with Crippen LogP contribution in [0.3, 0.4) is 0 Å². The van der Waals surface area contributed by atoms with Gasteiger partial charge in [0.2, 0.25) is 0 Å². The number of carbonyl (C=O) groups excluding carboxylic acids is 2. The molecule has 0 bridgehead atoms. The second kappa shape index (κ2) is 8.37. The van der Waals surface area contributed by atoms with Crippen molar-refractivity contribution in [2.45, 2.75) is 53.2 Å². The van der Waals surface area contributed by atoms with E-state index in [1.165, 1.54) is 19.4 Å². The second-order valence-electron chi connectivity index (χ2n) is 5.41. The van der Waals surface area contributed by atoms with Crippen LogP contribution >= 0.6 is 0 Å². The van der Waals surface area contributed by atoms with Gasteiger partial charge in [-0.2, -0.15) is 0 Å². The molecule has 0 aromatic heterocycles. The average molecular weight is 304 g/mol. The standard InChI is InChI=1S/C18H24O4/c1-6-15(18(21-13(4)19)22-14(5)20)11-16-9-7-8-10-17(16)12(2)3/h7-12,18H,6H2,1-5H3. The molecule has 0 aliphatic heterocycles. The van der Waals surface area contributed by atoms with Crippen LogP contribution in [0, 0.1) is 0 Å². The zero-order chi connectivity index (χ0) is 16.7. The zero-order valence-electron chi connectivity index (χ0n) is 13.9. The Morgan fingerprint density at radius 3 is 2.09 bits per heavy atom. The highest BCUT2D eigenvalue weighted by Crippen LogP contribution is 2.24. The second-order valence-corrected chi connectivity index (χ2v) is 5.41. The van der Waals surface area contributed by atoms with E-state index in [1.807, 2.05) is 31.2 Å². The molecule has 1 aromatic rings. The summed E-state index contributed by atoms with van der Waals surface area (Å²) in [4.78, 5) is 22.5. The molecule has 0 unspecified atom stereocenters. The highest BCUT2D eigenvalue weighted by molar-refractivity contribution is 5.69. The predicted octanol–water partition coefficient (Wildman–Crippen LogP) is 4.06. The molecule has 0 spiro atoms. The van der Waals surface area contributed by atoms with Crippen LogP contribution in [0.15, 0.2) is 29.8 Å². The molecule has 1 aromatic carbocycles. The van der Waals surface area contributed by atoms with Crippen molar-refractivity contribution in [3.05, 3.63) is 41.0 Å². The maximum absolute atomic E-state index is 11.2. The van der Waals surface area contributed by atoms with Crippen molar-refractivity contribution in [3.63, 3.8) is 0 Å². The van der Waals surface area contributed by atoms with Gasteiger partial charge in [0.15, 0.2) is 0 Å². The Labute approximate surface area is 132 Å². The molecular formula is C18H24O4. The van der Waals surface area contributed by atoms with Gasteiger partial charge >= 0.3 is 11.9 Å². The lowest BCUT2D eigenvalue weighted by Crippen LogP contribution is -2.24. The molecule has 0 saturated heterocycles. The van der Waals surface area contributed by atoms with E-state index in [-0.39, 0.29) is 0 Å². The molecule has 0 N–H and O–H groups in total. The van der Waals surface area contributed by atoms with Gasteiger partial charge in [0.1, 0.15) is 0 Å². The van der Waals surface area contributed by atoms with Gasteiger partial charge in [0.05, 0.1) is 0 Å². The Morgan fingerprint density at radius 2 is 1.64 bits per heavy atom. The first kappa shape index (κ1) is 18.0. The fraction of sp³-hybridized carbons (Fsp3) is 0.444. The maximum atomic E-state index is 11.2. The summed E-state index contributed by atoms with van der Waals surface area (Å²) in [6.45, 7) is 8.77. The molecule has 1 rings (SSSR count). The highest BCUT2D eigenvalue weighted by Gasteiger charge is 2.20. The Kier molecular flexibility index (Phi) is 6.83. The number of hydrogen-bond donors (Lipinski definition) is 0. The lowest BCUT2D eigenvalue weighted by Gasteiger charge is -2.20. The van der Waals surface area contributed by atoms with Crippen LogP contribution in [0.4, 0.5) is 0 Å². The average Bonchev–Trinajstić information content (AvgIpc) is 2.43. The predicted molar refractivity (Wildman–Crippen MR) is 86.1 cm³/mol. The van der Waals surface area contributed by atoms with Gasteiger partial charge < -0.3 is 9.47 Å². The van der Waals surface area contributed by atoms with Crippen LogP contribution in [0.1, 0.15) is 58.1 Å². The summed E-state index contributed by atoms with van der Waals surface area (Å²) in [7, 11) is 0. The highest BCUT2D eigenvalue weighted by atomic mass is 16.7. The van der Waals surface area contributed by atoms with Gasteiger partial charge in [-0.25, -0.2) is 0 Å². The summed E-state index contributed by atoms with van der Waals surface area (Å²) in [5.74, 6) is -0.600. The first-order valence-corrected chi connectivity index (χ1v) is 7.49. The molecule has 22 heavy (non-hydrogen) atoms. The number of esters is 2. The molecule has 0 aliphatic carbocycles. The fourth-order valence-electron chi connectivity index (χ4n) is 2.18. The summed E-state index contributed by atoms with van der Waals surface area (Å²) in [6, 6.07) is 8.02. The van der Waals surface area contributed by atoms with Gasteiger partial charge in [-0.3, -0.25) is 9.59 Å². The van der Waals surface area contributed by atoms with Crippen LogP contribution in [-0.4, -0.2) is 18.2 Å². The molecule has 0 heterocycles. The summed E-state index contributed by atoms with van der Waals surface area (Å²) in [6.07, 6.45) is 1.57. The minimum atomic E-state index is -0.972. The van der Waals surface area contributed by atoms with Gasteiger partial charge in [-0.15, -0.1) is 0 Å². The number of ether oxygens (including phenoxy) is 2. The zero-order valence-corrected chi connectivity index (χ0v) is 13.9. The normalized spacial score (nSPS) is 11.7. The Balaban J connectivity index is 3.20. The van der Waals surface area contributed by atoms with Crippen LogP contribution in [0.25, 0.3) is 6.08 Å². The van der Waals surface area contributed by atoms with E-state index in [2.05, 4.69) is 19.9 Å². The minimum Gasteiger partial charge on any atom is -0.421 e. The Hall–Kier alpha value is -2.10. The number of carbonyl (C=O) groups is 2. The van der Waals surface area contributed by atoms with E-state index in [1.54, 1.807) is 0 Å². The fourth-order valence-corrected chi connectivity index (χ4v) is 2.18. The molecule has 0 atom stereocenters. The lowest BCUT2D eigenvalue weighted by atomic mass is 9.95. The van der Waals surface area contributed by atoms with Crippen LogP contribution in [0.5, 0.6) is 0 Å². The number of benzene rings is 1. The van der Waals surface area contributed by atoms with Gasteiger partial charge in [-0.05, 0) is 29.5 Å². The van der Waals surface area contributed by atoms with Crippen molar-refractivity contribution in [3.8, 4) is 0 Å². The third-order valence-corrected chi connectivity index (χ3v) is 3.22. The first-order chi connectivity index (χ1) is 10.3. The third-order valence-electron chi connectivity index (χ3n) is 3.22. The summed E-state index contributed by atoms with van der Waals surface area (Å²) < 4.78 is 10.3. The van der Waals surface area contributed by atoms with Crippen LogP contribution in [-0.2, 0) is 19.1 Å². The SMILES string of the molecule is CCC(=Cc1ccccc1C(C)C)C(OC(C)=O)OC(C)=O. The van der Waals surface area contributed by atoms with E-state index in [0.29, 0.717) is 12.3 Å². The molecular weight excluding hydrogens is 280 g/mol. The minimum absolute atomic E-state index is 0.367. The lowest BCUT2D eigenvalue weighted by molar-refractivity contribution is -0.178. The van der Waals surface area contributed by atoms with E-state index < -0.39 is 18.2 Å². The summed E-state index contributed by atoms with van der Waals surface area (Å²) in [5.41, 5.74) is 2.98. The van der Waals surface area contributed by atoms with E-state index >= 15 is 0 Å². The molecule has 0 saturated carbocycles. The van der Waals surface area contributed by atoms with Gasteiger partial charge in [0, 0.05) is 19.4 Å². The third kappa shape index (κ3) is 5.35. The van der Waals surface area contributed by atoms with Crippen molar-refractivity contribution in [2.24, 2.45) is 0 Å². The van der Waals surface area contributed by atoms with Crippen molar-refractivity contribution in [1.82, 2.24) is 0 Å². The van der Waals surface area contributed by atoms with Crippen molar-refractivity contribution in [2.75, 3.05) is 0 Å². The quantitative estimate of drug-likeness (QED) is 0.587. The molecule has 0 amide bonds. The van der Waals surface area contributed by atoms with E-state index in [9.17, 15) is 9.59 Å². The monoisotopic (exact) mass is 304 g/mol.